The minimum atomic E-state index is -0.127. The van der Waals surface area contributed by atoms with E-state index in [0.29, 0.717) is 6.04 Å². The van der Waals surface area contributed by atoms with Gasteiger partial charge in [0.2, 0.25) is 0 Å². The van der Waals surface area contributed by atoms with Crippen LogP contribution in [0, 0.1) is 5.82 Å². The third-order valence-corrected chi connectivity index (χ3v) is 3.44. The highest BCUT2D eigenvalue weighted by atomic mass is 19.1. The number of rotatable bonds is 7. The Labute approximate surface area is 117 Å². The van der Waals surface area contributed by atoms with Gasteiger partial charge in [-0.3, -0.25) is 0 Å². The maximum Gasteiger partial charge on any atom is 0.146 e. The summed E-state index contributed by atoms with van der Waals surface area (Å²) in [5.74, 6) is -0.127. The molecule has 0 bridgehead atoms. The summed E-state index contributed by atoms with van der Waals surface area (Å²) >= 11 is 0. The van der Waals surface area contributed by atoms with E-state index in [0.717, 1.165) is 30.8 Å². The first-order valence-electron chi connectivity index (χ1n) is 7.31. The van der Waals surface area contributed by atoms with Crippen molar-refractivity contribution < 1.29 is 4.39 Å². The number of para-hydroxylation sites is 1. The Morgan fingerprint density at radius 1 is 1.21 bits per heavy atom. The highest BCUT2D eigenvalue weighted by molar-refractivity contribution is 5.56. The molecule has 1 N–H and O–H groups in total. The molecular formula is C16H27FN2. The minimum absolute atomic E-state index is 0.127. The molecule has 0 fully saturated rings. The van der Waals surface area contributed by atoms with Crippen LogP contribution in [-0.2, 0) is 0 Å². The van der Waals surface area contributed by atoms with Gasteiger partial charge in [-0.1, -0.05) is 19.1 Å². The summed E-state index contributed by atoms with van der Waals surface area (Å²) in [6.07, 6.45) is 1.08. The van der Waals surface area contributed by atoms with Gasteiger partial charge in [0.15, 0.2) is 0 Å². The summed E-state index contributed by atoms with van der Waals surface area (Å²) in [6, 6.07) is 5.83. The highest BCUT2D eigenvalue weighted by Crippen LogP contribution is 2.30. The lowest BCUT2D eigenvalue weighted by molar-refractivity contribution is 0.553. The zero-order valence-electron chi connectivity index (χ0n) is 12.8. The molecule has 0 saturated carbocycles. The van der Waals surface area contributed by atoms with Crippen LogP contribution in [0.2, 0.25) is 0 Å². The molecule has 0 amide bonds. The summed E-state index contributed by atoms with van der Waals surface area (Å²) < 4.78 is 14.3. The van der Waals surface area contributed by atoms with Crippen LogP contribution in [0.3, 0.4) is 0 Å². The summed E-state index contributed by atoms with van der Waals surface area (Å²) in [4.78, 5) is 2.12. The SMILES string of the molecule is CCCNC(C)c1cccc(F)c1N(CC)C(C)C. The maximum atomic E-state index is 14.3. The first-order valence-corrected chi connectivity index (χ1v) is 7.31. The Kier molecular flexibility index (Phi) is 6.29. The molecule has 1 rings (SSSR count). The summed E-state index contributed by atoms with van der Waals surface area (Å²) in [5, 5.41) is 3.44. The zero-order chi connectivity index (χ0) is 14.4. The quantitative estimate of drug-likeness (QED) is 0.798. The first-order chi connectivity index (χ1) is 9.02. The van der Waals surface area contributed by atoms with Gasteiger partial charge in [0.25, 0.3) is 0 Å². The number of nitrogens with one attached hydrogen (secondary N) is 1. The van der Waals surface area contributed by atoms with Crippen LogP contribution < -0.4 is 10.2 Å². The largest absolute Gasteiger partial charge is 0.367 e. The van der Waals surface area contributed by atoms with E-state index in [1.54, 1.807) is 12.1 Å². The normalized spacial score (nSPS) is 12.8. The zero-order valence-corrected chi connectivity index (χ0v) is 12.8. The van der Waals surface area contributed by atoms with E-state index < -0.39 is 0 Å². The van der Waals surface area contributed by atoms with Crippen LogP contribution in [0.4, 0.5) is 10.1 Å². The third kappa shape index (κ3) is 3.93. The van der Waals surface area contributed by atoms with E-state index in [1.807, 2.05) is 6.07 Å². The molecule has 19 heavy (non-hydrogen) atoms. The van der Waals surface area contributed by atoms with Crippen molar-refractivity contribution in [1.29, 1.82) is 0 Å². The molecule has 3 heteroatoms. The van der Waals surface area contributed by atoms with Crippen LogP contribution in [0.15, 0.2) is 18.2 Å². The Hall–Kier alpha value is -1.09. The average Bonchev–Trinajstić information content (AvgIpc) is 2.38. The second kappa shape index (κ2) is 7.49. The number of benzene rings is 1. The molecular weight excluding hydrogens is 239 g/mol. The smallest absolute Gasteiger partial charge is 0.146 e. The van der Waals surface area contributed by atoms with Crippen molar-refractivity contribution in [2.45, 2.75) is 53.1 Å². The number of nitrogens with zero attached hydrogens (tertiary/aromatic N) is 1. The topological polar surface area (TPSA) is 15.3 Å². The number of anilines is 1. The fraction of sp³-hybridized carbons (Fsp3) is 0.625. The Morgan fingerprint density at radius 3 is 2.42 bits per heavy atom. The second-order valence-electron chi connectivity index (χ2n) is 5.23. The van der Waals surface area contributed by atoms with Gasteiger partial charge >= 0.3 is 0 Å². The fourth-order valence-electron chi connectivity index (χ4n) is 2.44. The van der Waals surface area contributed by atoms with E-state index in [1.165, 1.54) is 0 Å². The van der Waals surface area contributed by atoms with E-state index in [2.05, 4.69) is 44.8 Å². The fourth-order valence-corrected chi connectivity index (χ4v) is 2.44. The second-order valence-corrected chi connectivity index (χ2v) is 5.23. The van der Waals surface area contributed by atoms with Crippen molar-refractivity contribution in [2.75, 3.05) is 18.0 Å². The van der Waals surface area contributed by atoms with Gasteiger partial charge in [0.1, 0.15) is 5.82 Å². The van der Waals surface area contributed by atoms with Crippen molar-refractivity contribution in [1.82, 2.24) is 5.32 Å². The molecule has 0 aliphatic rings. The van der Waals surface area contributed by atoms with Crippen LogP contribution >= 0.6 is 0 Å². The summed E-state index contributed by atoms with van der Waals surface area (Å²) in [5.41, 5.74) is 1.79. The van der Waals surface area contributed by atoms with Gasteiger partial charge < -0.3 is 10.2 Å². The molecule has 1 aromatic rings. The van der Waals surface area contributed by atoms with Crippen LogP contribution in [0.25, 0.3) is 0 Å². The highest BCUT2D eigenvalue weighted by Gasteiger charge is 2.20. The van der Waals surface area contributed by atoms with Crippen LogP contribution in [-0.4, -0.2) is 19.1 Å². The molecule has 0 saturated heterocycles. The lowest BCUT2D eigenvalue weighted by Crippen LogP contribution is -2.33. The molecule has 108 valence electrons. The first kappa shape index (κ1) is 16.0. The number of hydrogen-bond acceptors (Lipinski definition) is 2. The molecule has 0 heterocycles. The van der Waals surface area contributed by atoms with Crippen molar-refractivity contribution in [3.8, 4) is 0 Å². The Bertz CT molecular complexity index is 390. The molecule has 1 aromatic carbocycles. The van der Waals surface area contributed by atoms with Gasteiger partial charge in [-0.05, 0) is 52.3 Å². The molecule has 2 nitrogen and oxygen atoms in total. The predicted octanol–water partition coefficient (Wildman–Crippen LogP) is 4.12. The van der Waals surface area contributed by atoms with Gasteiger partial charge in [-0.15, -0.1) is 0 Å². The van der Waals surface area contributed by atoms with Crippen molar-refractivity contribution in [2.24, 2.45) is 0 Å². The third-order valence-electron chi connectivity index (χ3n) is 3.44. The predicted molar refractivity (Wildman–Crippen MR) is 81.3 cm³/mol. The van der Waals surface area contributed by atoms with E-state index in [9.17, 15) is 4.39 Å². The average molecular weight is 266 g/mol. The maximum absolute atomic E-state index is 14.3. The van der Waals surface area contributed by atoms with E-state index in [-0.39, 0.29) is 11.9 Å². The summed E-state index contributed by atoms with van der Waals surface area (Å²) in [6.45, 7) is 12.3. The summed E-state index contributed by atoms with van der Waals surface area (Å²) in [7, 11) is 0. The lowest BCUT2D eigenvalue weighted by Gasteiger charge is -2.31. The molecule has 0 aliphatic carbocycles. The van der Waals surface area contributed by atoms with Crippen LogP contribution in [0.5, 0.6) is 0 Å². The Morgan fingerprint density at radius 2 is 1.89 bits per heavy atom. The standard InChI is InChI=1S/C16H27FN2/c1-6-11-18-13(5)14-9-8-10-15(17)16(14)19(7-2)12(3)4/h8-10,12-13,18H,6-7,11H2,1-5H3. The lowest BCUT2D eigenvalue weighted by atomic mass is 10.0. The van der Waals surface area contributed by atoms with Crippen LogP contribution in [0.1, 0.15) is 52.6 Å². The monoisotopic (exact) mass is 266 g/mol. The molecule has 1 unspecified atom stereocenters. The number of halogens is 1. The molecule has 0 spiro atoms. The molecule has 1 atom stereocenters. The van der Waals surface area contributed by atoms with Crippen molar-refractivity contribution in [3.05, 3.63) is 29.6 Å². The van der Waals surface area contributed by atoms with Gasteiger partial charge in [0, 0.05) is 18.6 Å². The molecule has 0 radical (unpaired) electrons. The minimum Gasteiger partial charge on any atom is -0.367 e. The van der Waals surface area contributed by atoms with Gasteiger partial charge in [-0.2, -0.15) is 0 Å². The molecule has 0 aliphatic heterocycles. The van der Waals surface area contributed by atoms with E-state index >= 15 is 0 Å². The number of hydrogen-bond donors (Lipinski definition) is 1. The van der Waals surface area contributed by atoms with Gasteiger partial charge in [-0.25, -0.2) is 4.39 Å². The molecule has 0 aromatic heterocycles. The van der Waals surface area contributed by atoms with Crippen molar-refractivity contribution >= 4 is 5.69 Å². The van der Waals surface area contributed by atoms with E-state index in [4.69, 9.17) is 0 Å². The van der Waals surface area contributed by atoms with Gasteiger partial charge in [0.05, 0.1) is 5.69 Å². The van der Waals surface area contributed by atoms with Crippen molar-refractivity contribution in [3.63, 3.8) is 0 Å². The Balaban J connectivity index is 3.13.